The molecule has 8 aliphatic heterocycles. The van der Waals surface area contributed by atoms with Crippen molar-refractivity contribution in [3.05, 3.63) is 258 Å². The molecule has 0 unspecified atom stereocenters. The van der Waals surface area contributed by atoms with Gasteiger partial charge in [-0.15, -0.1) is 0 Å². The van der Waals surface area contributed by atoms with Crippen LogP contribution in [-0.4, -0.2) is 98.7 Å². The van der Waals surface area contributed by atoms with Gasteiger partial charge in [-0.25, -0.2) is 22.4 Å². The van der Waals surface area contributed by atoms with Crippen molar-refractivity contribution in [1.82, 2.24) is 0 Å². The largest absolute Gasteiger partial charge is 0.516 e. The monoisotopic (exact) mass is 2160 g/mol. The number of carbonyl (C=O) groups excluding carboxylic acids is 3. The first-order valence-electron chi connectivity index (χ1n) is 37.7. The molecule has 2 N–H and O–H groups in total. The van der Waals surface area contributed by atoms with E-state index < -0.39 is 70.6 Å². The first-order chi connectivity index (χ1) is 56.0. The molecule has 0 amide bonds. The second-order valence-electron chi connectivity index (χ2n) is 29.4. The molecule has 8 heterocycles. The van der Waals surface area contributed by atoms with Crippen molar-refractivity contribution >= 4 is 93.1 Å². The Hall–Kier alpha value is -8.02. The minimum absolute atomic E-state index is 0. The number of rotatable bonds is 18. The molecule has 0 fully saturated rings. The predicted molar refractivity (Wildman–Crippen MR) is 427 cm³/mol. The number of halogens is 8. The van der Waals surface area contributed by atoms with E-state index in [0.717, 1.165) is 57.3 Å². The number of carboxylic acid groups (broad SMARTS) is 1. The summed E-state index contributed by atoms with van der Waals surface area (Å²) < 4.78 is 139. The Labute approximate surface area is 751 Å². The fraction of sp³-hybridized carbons (Fsp3) is 0.326. The molecule has 0 aromatic heterocycles. The third kappa shape index (κ3) is 21.7. The van der Waals surface area contributed by atoms with Gasteiger partial charge in [0.15, 0.2) is 46.0 Å². The van der Waals surface area contributed by atoms with Crippen LogP contribution >= 0.6 is 46.4 Å². The average Bonchev–Trinajstić information content (AvgIpc) is 1.63. The quantitative estimate of drug-likeness (QED) is 0.0351. The number of hydrogen-bond donors (Lipinski definition) is 2. The van der Waals surface area contributed by atoms with E-state index in [9.17, 15) is 36.7 Å². The summed E-state index contributed by atoms with van der Waals surface area (Å²) in [5, 5.41) is 19.2. The molecule has 0 saturated heterocycles. The van der Waals surface area contributed by atoms with Crippen molar-refractivity contribution in [1.29, 1.82) is 0 Å². The Morgan fingerprint density at radius 1 is 0.454 bits per heavy atom. The molecule has 16 rings (SSSR count). The van der Waals surface area contributed by atoms with Crippen LogP contribution in [0, 0.1) is 91.4 Å². The topological polar surface area (TPSA) is 238 Å². The molecule has 119 heavy (non-hydrogen) atoms. The number of para-hydroxylation sites is 4. The van der Waals surface area contributed by atoms with Crippen molar-refractivity contribution in [2.24, 2.45) is 5.92 Å². The molecule has 0 aliphatic carbocycles. The first-order valence-corrected chi connectivity index (χ1v) is 39.3. The van der Waals surface area contributed by atoms with E-state index in [1.165, 1.54) is 30.3 Å². The SMILES string of the molecule is CC(C)COC(=O)OC(=O)C[C@@H]1CC=C(c2cccc3c2O[C@@](C)(c2ccc(Cl)cc2F)O3)CO1.C[C@]1(c2ccc(Cl)cc2F)Oc2cccc(C3=CC[C@@H](CC(=O)O)OC3)c2O1.C[C@]1(c2ccc(Cl)cc2F)Oc2cccc(C3=CC[C@@H](CC=O)OC3)c2O1.C[C@]1(c2ccc(Cl)cc2F)Oc2cccc(C3=CC[C@@H](CCO)OC3)c2O1.[U].[U]. The van der Waals surface area contributed by atoms with Crippen LogP contribution in [-0.2, 0) is 66.0 Å². The van der Waals surface area contributed by atoms with Crippen LogP contribution in [0.3, 0.4) is 0 Å². The van der Waals surface area contributed by atoms with Gasteiger partial charge in [0.2, 0.25) is 0 Å². The third-order valence-corrected chi connectivity index (χ3v) is 21.1. The number of ether oxygens (including phenoxy) is 14. The Balaban J connectivity index is 0.000000155. The van der Waals surface area contributed by atoms with Crippen LogP contribution in [0.2, 0.25) is 20.1 Å². The van der Waals surface area contributed by atoms with Crippen molar-refractivity contribution < 1.29 is 175 Å². The number of fused-ring (bicyclic) bond motifs is 4. The summed E-state index contributed by atoms with van der Waals surface area (Å²) in [4.78, 5) is 45.1. The van der Waals surface area contributed by atoms with Gasteiger partial charge in [0.05, 0.1) is 92.5 Å². The minimum Gasteiger partial charge on any atom is -0.481 e. The standard InChI is InChI=1S/C26H26ClFO7.C21H18ClFO5.C21H20ClFO4.C21H18ClFO4.2U/c1-15(2)13-32-25(30)33-23(29)12-18-9-7-16(14-31-18)19-5-4-6-22-24(19)35-26(3,34-22)20-10-8-17(27)11-21(20)28;1-21(16-8-6-13(22)9-17(16)23)27-18-4-2-3-15(20(18)28-21)12-5-7-14(26-11-12)10-19(24)25;2*1-21(17-8-6-14(22)11-18(17)23)26-19-4-2-3-16(20(19)27-21)13-5-7-15(9-10-24)25-12-13;;/h4-8,10-11,15,18H,9,12-14H2,1-3H3;2-6,8-9,14H,7,10-11H2,1H3,(H,24,25);2-6,8,11,15,24H,7,9-10,12H2,1H3;2-6,8,10-11,15H,7,9,12H2,1H3;;/t18-,26-;14-,21-;2*15-,21-;;/m0000../s1. The third-order valence-electron chi connectivity index (χ3n) is 20.1. The summed E-state index contributed by atoms with van der Waals surface area (Å²) in [6.07, 6.45) is 10.2. The fourth-order valence-corrected chi connectivity index (χ4v) is 14.9. The average molecular weight is 2170 g/mol. The first kappa shape index (κ1) is 91.7. The maximum absolute atomic E-state index is 14.6. The maximum Gasteiger partial charge on any atom is 0.516 e. The number of carbonyl (C=O) groups is 4. The van der Waals surface area contributed by atoms with Crippen LogP contribution in [0.15, 0.2) is 170 Å². The zero-order valence-corrected chi connectivity index (χ0v) is 76.6. The molecule has 8 aromatic rings. The number of benzene rings is 8. The van der Waals surface area contributed by atoms with Crippen molar-refractivity contribution in [2.75, 3.05) is 39.6 Å². The maximum atomic E-state index is 14.6. The smallest absolute Gasteiger partial charge is 0.481 e. The van der Waals surface area contributed by atoms with E-state index in [0.29, 0.717) is 106 Å². The molecule has 0 spiro atoms. The van der Waals surface area contributed by atoms with Gasteiger partial charge < -0.3 is 81.3 Å². The Bertz CT molecular complexity index is 5240. The summed E-state index contributed by atoms with van der Waals surface area (Å²) >= 11 is 23.4. The normalized spacial score (nSPS) is 22.5. The van der Waals surface area contributed by atoms with E-state index in [2.05, 4.69) is 16.9 Å². The number of aliphatic carboxylic acids is 1. The van der Waals surface area contributed by atoms with E-state index in [-0.39, 0.29) is 153 Å². The molecule has 622 valence electrons. The van der Waals surface area contributed by atoms with Gasteiger partial charge >= 0.3 is 18.1 Å². The van der Waals surface area contributed by atoms with Crippen molar-refractivity contribution in [2.45, 2.75) is 140 Å². The summed E-state index contributed by atoms with van der Waals surface area (Å²) in [6.45, 7) is 12.0. The number of aliphatic hydroxyl groups is 1. The Morgan fingerprint density at radius 3 is 1.03 bits per heavy atom. The molecule has 8 aliphatic rings. The van der Waals surface area contributed by atoms with Crippen LogP contribution in [0.5, 0.6) is 46.0 Å². The molecule has 20 nitrogen and oxygen atoms in total. The van der Waals surface area contributed by atoms with Crippen LogP contribution < -0.4 is 37.9 Å². The van der Waals surface area contributed by atoms with Gasteiger partial charge in [-0.3, -0.25) is 9.59 Å². The van der Waals surface area contributed by atoms with Crippen LogP contribution in [0.4, 0.5) is 22.4 Å². The van der Waals surface area contributed by atoms with E-state index in [4.69, 9.17) is 118 Å². The molecular formula is C89H82Cl4F4O20U2. The summed E-state index contributed by atoms with van der Waals surface area (Å²) in [7, 11) is 0. The molecular weight excluding hydrogens is 2080 g/mol. The fourth-order valence-electron chi connectivity index (χ4n) is 14.3. The molecule has 30 heteroatoms. The number of aliphatic hydroxyl groups excluding tert-OH is 1. The second kappa shape index (κ2) is 39.9. The Morgan fingerprint density at radius 2 is 0.756 bits per heavy atom. The number of carboxylic acids is 1. The number of esters is 1. The van der Waals surface area contributed by atoms with Gasteiger partial charge in [0.1, 0.15) is 29.6 Å². The van der Waals surface area contributed by atoms with Gasteiger partial charge in [0.25, 0.3) is 23.1 Å². The second-order valence-corrected chi connectivity index (χ2v) is 31.1. The van der Waals surface area contributed by atoms with E-state index in [1.807, 2.05) is 74.5 Å². The van der Waals surface area contributed by atoms with E-state index in [1.54, 1.807) is 94.4 Å². The van der Waals surface area contributed by atoms with Crippen LogP contribution in [0.1, 0.15) is 137 Å². The van der Waals surface area contributed by atoms with Crippen LogP contribution in [0.25, 0.3) is 22.3 Å². The van der Waals surface area contributed by atoms with Gasteiger partial charge in [-0.05, 0) is 157 Å². The zero-order chi connectivity index (χ0) is 83.1. The predicted octanol–water partition coefficient (Wildman–Crippen LogP) is 20.4. The van der Waals surface area contributed by atoms with Gasteiger partial charge in [0, 0.05) is 145 Å². The zero-order valence-electron chi connectivity index (χ0n) is 65.3. The van der Waals surface area contributed by atoms with E-state index >= 15 is 0 Å². The number of hydrogen-bond acceptors (Lipinski definition) is 19. The van der Waals surface area contributed by atoms with Crippen molar-refractivity contribution in [3.8, 4) is 46.0 Å². The molecule has 0 saturated carbocycles. The molecule has 0 radical (unpaired) electrons. The summed E-state index contributed by atoms with van der Waals surface area (Å²) in [5.74, 6) is -4.53. The Kier molecular flexibility index (Phi) is 30.7. The summed E-state index contributed by atoms with van der Waals surface area (Å²) in [5.41, 5.74) is 7.93. The van der Waals surface area contributed by atoms with Gasteiger partial charge in [-0.1, -0.05) is 133 Å². The minimum atomic E-state index is -1.36. The molecule has 8 aromatic carbocycles. The summed E-state index contributed by atoms with van der Waals surface area (Å²) in [6, 6.07) is 39.6. The molecule has 8 atom stereocenters. The van der Waals surface area contributed by atoms with Crippen molar-refractivity contribution in [3.63, 3.8) is 0 Å². The number of aldehydes is 1. The van der Waals surface area contributed by atoms with Gasteiger partial charge in [-0.2, -0.15) is 0 Å². The molecule has 0 bridgehead atoms.